The summed E-state index contributed by atoms with van der Waals surface area (Å²) in [6, 6.07) is 11.7. The Morgan fingerprint density at radius 1 is 1.26 bits per heavy atom. The Labute approximate surface area is 135 Å². The van der Waals surface area contributed by atoms with Gasteiger partial charge in [-0.3, -0.25) is 9.59 Å². The fourth-order valence-corrected chi connectivity index (χ4v) is 2.87. The highest BCUT2D eigenvalue weighted by Gasteiger charge is 2.30. The van der Waals surface area contributed by atoms with Gasteiger partial charge >= 0.3 is 0 Å². The lowest BCUT2D eigenvalue weighted by Crippen LogP contribution is -2.37. The highest BCUT2D eigenvalue weighted by atomic mass is 16.3. The molecule has 0 aliphatic carbocycles. The van der Waals surface area contributed by atoms with Crippen molar-refractivity contribution in [3.63, 3.8) is 0 Å². The highest BCUT2D eigenvalue weighted by Crippen LogP contribution is 2.13. The maximum atomic E-state index is 12.1. The monoisotopic (exact) mass is 312 g/mol. The average molecular weight is 312 g/mol. The van der Waals surface area contributed by atoms with Gasteiger partial charge in [-0.1, -0.05) is 30.3 Å². The Morgan fingerprint density at radius 2 is 2.09 bits per heavy atom. The molecule has 1 atom stereocenters. The second kappa shape index (κ2) is 7.13. The van der Waals surface area contributed by atoms with Gasteiger partial charge in [0.15, 0.2) is 0 Å². The molecular weight excluding hydrogens is 292 g/mol. The summed E-state index contributed by atoms with van der Waals surface area (Å²) in [6.07, 6.45) is 5.12. The largest absolute Gasteiger partial charge is 0.472 e. The molecule has 0 radical (unpaired) electrons. The number of carbonyl (C=O) groups excluding carboxylic acids is 2. The maximum Gasteiger partial charge on any atom is 0.254 e. The molecule has 2 aromatic rings. The summed E-state index contributed by atoms with van der Waals surface area (Å²) in [5, 5.41) is 2.89. The number of carbonyl (C=O) groups is 2. The molecule has 0 bridgehead atoms. The first-order chi connectivity index (χ1) is 11.2. The van der Waals surface area contributed by atoms with E-state index in [0.717, 1.165) is 19.4 Å². The van der Waals surface area contributed by atoms with Crippen LogP contribution < -0.4 is 5.32 Å². The third kappa shape index (κ3) is 4.00. The van der Waals surface area contributed by atoms with Crippen molar-refractivity contribution in [3.8, 4) is 0 Å². The van der Waals surface area contributed by atoms with Crippen LogP contribution >= 0.6 is 0 Å². The molecule has 1 N–H and O–H groups in total. The van der Waals surface area contributed by atoms with Gasteiger partial charge in [-0.2, -0.15) is 0 Å². The van der Waals surface area contributed by atoms with Crippen LogP contribution in [0.15, 0.2) is 53.3 Å². The van der Waals surface area contributed by atoms with Gasteiger partial charge in [0, 0.05) is 19.5 Å². The zero-order valence-corrected chi connectivity index (χ0v) is 12.9. The van der Waals surface area contributed by atoms with E-state index >= 15 is 0 Å². The van der Waals surface area contributed by atoms with Crippen molar-refractivity contribution in [2.45, 2.75) is 25.3 Å². The predicted octanol–water partition coefficient (Wildman–Crippen LogP) is 2.24. The molecule has 5 heteroatoms. The molecule has 120 valence electrons. The van der Waals surface area contributed by atoms with Crippen molar-refractivity contribution < 1.29 is 14.0 Å². The van der Waals surface area contributed by atoms with Crippen LogP contribution in [-0.2, 0) is 11.2 Å². The molecule has 1 fully saturated rings. The molecular formula is C18H20N2O3. The molecule has 3 rings (SSSR count). The summed E-state index contributed by atoms with van der Waals surface area (Å²) in [5.74, 6) is -0.0850. The summed E-state index contributed by atoms with van der Waals surface area (Å²) in [6.45, 7) is 1.31. The smallest absolute Gasteiger partial charge is 0.254 e. The molecule has 1 aliphatic rings. The van der Waals surface area contributed by atoms with Crippen LogP contribution in [0.1, 0.15) is 28.8 Å². The quantitative estimate of drug-likeness (QED) is 0.890. The first kappa shape index (κ1) is 15.3. The van der Waals surface area contributed by atoms with Gasteiger partial charge in [0.2, 0.25) is 5.91 Å². The van der Waals surface area contributed by atoms with Gasteiger partial charge in [-0.05, 0) is 24.5 Å². The summed E-state index contributed by atoms with van der Waals surface area (Å²) in [7, 11) is 0. The molecule has 1 unspecified atom stereocenters. The SMILES string of the molecule is O=C(NC1CC(=O)N(CCCc2ccccc2)C1)c1ccoc1. The Bertz CT molecular complexity index is 652. The molecule has 0 saturated carbocycles. The number of benzene rings is 1. The van der Waals surface area contributed by atoms with E-state index in [4.69, 9.17) is 4.42 Å². The van der Waals surface area contributed by atoms with E-state index in [1.807, 2.05) is 23.1 Å². The van der Waals surface area contributed by atoms with E-state index in [1.54, 1.807) is 6.07 Å². The van der Waals surface area contributed by atoms with E-state index in [0.29, 0.717) is 18.5 Å². The minimum Gasteiger partial charge on any atom is -0.472 e. The van der Waals surface area contributed by atoms with Crippen LogP contribution in [0, 0.1) is 0 Å². The molecule has 0 spiro atoms. The number of hydrogen-bond acceptors (Lipinski definition) is 3. The fraction of sp³-hybridized carbons (Fsp3) is 0.333. The number of nitrogens with one attached hydrogen (secondary N) is 1. The standard InChI is InChI=1S/C18H20N2O3/c21-17-11-16(19-18(22)15-8-10-23-13-15)12-20(17)9-4-7-14-5-2-1-3-6-14/h1-3,5-6,8,10,13,16H,4,7,9,11-12H2,(H,19,22). The van der Waals surface area contributed by atoms with Crippen LogP contribution in [0.3, 0.4) is 0 Å². The summed E-state index contributed by atoms with van der Waals surface area (Å²) in [5.41, 5.74) is 1.77. The minimum atomic E-state index is -0.192. The first-order valence-electron chi connectivity index (χ1n) is 7.87. The van der Waals surface area contributed by atoms with E-state index in [1.165, 1.54) is 18.1 Å². The van der Waals surface area contributed by atoms with Gasteiger partial charge in [0.05, 0.1) is 17.9 Å². The van der Waals surface area contributed by atoms with Crippen molar-refractivity contribution in [1.82, 2.24) is 10.2 Å². The molecule has 2 amide bonds. The molecule has 2 heterocycles. The van der Waals surface area contributed by atoms with Gasteiger partial charge in [0.1, 0.15) is 6.26 Å². The lowest BCUT2D eigenvalue weighted by atomic mass is 10.1. The Balaban J connectivity index is 1.45. The Kier molecular flexibility index (Phi) is 4.76. The van der Waals surface area contributed by atoms with Crippen LogP contribution in [0.4, 0.5) is 0 Å². The molecule has 1 aliphatic heterocycles. The third-order valence-electron chi connectivity index (χ3n) is 4.07. The van der Waals surface area contributed by atoms with Crippen LogP contribution in [0.5, 0.6) is 0 Å². The van der Waals surface area contributed by atoms with Gasteiger partial charge in [0.25, 0.3) is 5.91 Å². The van der Waals surface area contributed by atoms with Gasteiger partial charge in [-0.25, -0.2) is 0 Å². The number of likely N-dealkylation sites (tertiary alicyclic amines) is 1. The average Bonchev–Trinajstić information content (AvgIpc) is 3.19. The molecule has 1 aromatic heterocycles. The topological polar surface area (TPSA) is 62.6 Å². The van der Waals surface area contributed by atoms with E-state index in [-0.39, 0.29) is 17.9 Å². The fourth-order valence-electron chi connectivity index (χ4n) is 2.87. The van der Waals surface area contributed by atoms with Gasteiger partial charge < -0.3 is 14.6 Å². The molecule has 1 aromatic carbocycles. The number of amides is 2. The zero-order chi connectivity index (χ0) is 16.1. The van der Waals surface area contributed by atoms with E-state index < -0.39 is 0 Å². The van der Waals surface area contributed by atoms with Crippen LogP contribution in [0.25, 0.3) is 0 Å². The summed E-state index contributed by atoms with van der Waals surface area (Å²) >= 11 is 0. The lowest BCUT2D eigenvalue weighted by Gasteiger charge is -2.17. The third-order valence-corrected chi connectivity index (χ3v) is 4.07. The van der Waals surface area contributed by atoms with Crippen molar-refractivity contribution in [2.75, 3.05) is 13.1 Å². The highest BCUT2D eigenvalue weighted by molar-refractivity contribution is 5.94. The van der Waals surface area contributed by atoms with E-state index in [9.17, 15) is 9.59 Å². The van der Waals surface area contributed by atoms with Crippen LogP contribution in [0.2, 0.25) is 0 Å². The van der Waals surface area contributed by atoms with Crippen molar-refractivity contribution in [2.24, 2.45) is 0 Å². The second-order valence-electron chi connectivity index (χ2n) is 5.82. The Hall–Kier alpha value is -2.56. The van der Waals surface area contributed by atoms with E-state index in [2.05, 4.69) is 17.4 Å². The number of rotatable bonds is 6. The van der Waals surface area contributed by atoms with Crippen molar-refractivity contribution in [1.29, 1.82) is 0 Å². The first-order valence-corrected chi connectivity index (χ1v) is 7.87. The zero-order valence-electron chi connectivity index (χ0n) is 12.9. The molecule has 23 heavy (non-hydrogen) atoms. The summed E-state index contributed by atoms with van der Waals surface area (Å²) < 4.78 is 4.90. The molecule has 5 nitrogen and oxygen atoms in total. The predicted molar refractivity (Wildman–Crippen MR) is 85.9 cm³/mol. The van der Waals surface area contributed by atoms with Gasteiger partial charge in [-0.15, -0.1) is 0 Å². The second-order valence-corrected chi connectivity index (χ2v) is 5.82. The number of furan rings is 1. The molecule has 1 saturated heterocycles. The number of hydrogen-bond donors (Lipinski definition) is 1. The number of nitrogens with zero attached hydrogens (tertiary/aromatic N) is 1. The normalized spacial score (nSPS) is 17.5. The number of aryl methyl sites for hydroxylation is 1. The lowest BCUT2D eigenvalue weighted by molar-refractivity contribution is -0.127. The van der Waals surface area contributed by atoms with Crippen LogP contribution in [-0.4, -0.2) is 35.8 Å². The van der Waals surface area contributed by atoms with Crippen molar-refractivity contribution >= 4 is 11.8 Å². The minimum absolute atomic E-state index is 0.107. The van der Waals surface area contributed by atoms with Crippen molar-refractivity contribution in [3.05, 3.63) is 60.1 Å². The maximum absolute atomic E-state index is 12.1. The Morgan fingerprint density at radius 3 is 2.83 bits per heavy atom. The summed E-state index contributed by atoms with van der Waals surface area (Å²) in [4.78, 5) is 25.9.